The van der Waals surface area contributed by atoms with Crippen molar-refractivity contribution in [2.45, 2.75) is 37.8 Å². The molecule has 0 radical (unpaired) electrons. The van der Waals surface area contributed by atoms with Crippen LogP contribution in [0.2, 0.25) is 0 Å². The molecule has 0 heterocycles. The Balaban J connectivity index is 2.75. The van der Waals surface area contributed by atoms with Crippen LogP contribution in [0.1, 0.15) is 20.8 Å². The quantitative estimate of drug-likeness (QED) is 0.834. The molecule has 1 amide bonds. The largest absolute Gasteiger partial charge is 0.353 e. The van der Waals surface area contributed by atoms with Crippen molar-refractivity contribution in [3.05, 3.63) is 30.3 Å². The Kier molecular flexibility index (Phi) is 4.86. The average Bonchev–Trinajstić information content (AvgIpc) is 2.28. The summed E-state index contributed by atoms with van der Waals surface area (Å²) in [4.78, 5) is 11.8. The van der Waals surface area contributed by atoms with Gasteiger partial charge in [-0.25, -0.2) is 8.42 Å². The summed E-state index contributed by atoms with van der Waals surface area (Å²) >= 11 is 0. The molecule has 1 aromatic rings. The highest BCUT2D eigenvalue weighted by atomic mass is 32.2. The van der Waals surface area contributed by atoms with Crippen LogP contribution in [0, 0.1) is 0 Å². The third kappa shape index (κ3) is 4.12. The first kappa shape index (κ1) is 14.7. The molecule has 0 fully saturated rings. The molecule has 1 unspecified atom stereocenters. The van der Waals surface area contributed by atoms with E-state index in [9.17, 15) is 13.2 Å². The first-order chi connectivity index (χ1) is 8.33. The van der Waals surface area contributed by atoms with Crippen molar-refractivity contribution in [2.24, 2.45) is 0 Å². The number of sulfonamides is 1. The van der Waals surface area contributed by atoms with Crippen molar-refractivity contribution in [2.75, 3.05) is 0 Å². The molecule has 0 saturated carbocycles. The van der Waals surface area contributed by atoms with E-state index in [-0.39, 0.29) is 16.8 Å². The van der Waals surface area contributed by atoms with Gasteiger partial charge in [0.25, 0.3) is 0 Å². The number of carbonyl (C=O) groups excluding carboxylic acids is 1. The highest BCUT2D eigenvalue weighted by Gasteiger charge is 2.21. The Morgan fingerprint density at radius 1 is 1.11 bits per heavy atom. The number of benzene rings is 1. The summed E-state index contributed by atoms with van der Waals surface area (Å²) in [7, 11) is -3.65. The summed E-state index contributed by atoms with van der Waals surface area (Å²) in [6, 6.07) is 7.12. The minimum absolute atomic E-state index is 0.0267. The fourth-order valence-corrected chi connectivity index (χ4v) is 2.59. The van der Waals surface area contributed by atoms with Gasteiger partial charge in [-0.2, -0.15) is 4.72 Å². The van der Waals surface area contributed by atoms with E-state index in [0.717, 1.165) is 0 Å². The van der Waals surface area contributed by atoms with Crippen LogP contribution in [0.4, 0.5) is 0 Å². The van der Waals surface area contributed by atoms with Crippen LogP contribution in [0.3, 0.4) is 0 Å². The number of nitrogens with one attached hydrogen (secondary N) is 2. The van der Waals surface area contributed by atoms with E-state index in [0.29, 0.717) is 0 Å². The van der Waals surface area contributed by atoms with Crippen molar-refractivity contribution in [1.82, 2.24) is 10.0 Å². The van der Waals surface area contributed by atoms with Crippen molar-refractivity contribution in [3.63, 3.8) is 0 Å². The van der Waals surface area contributed by atoms with E-state index in [4.69, 9.17) is 0 Å². The Morgan fingerprint density at radius 3 is 2.17 bits per heavy atom. The van der Waals surface area contributed by atoms with E-state index < -0.39 is 16.1 Å². The second-order valence-corrected chi connectivity index (χ2v) is 6.03. The van der Waals surface area contributed by atoms with Crippen molar-refractivity contribution in [1.29, 1.82) is 0 Å². The van der Waals surface area contributed by atoms with Crippen molar-refractivity contribution >= 4 is 15.9 Å². The molecule has 100 valence electrons. The number of rotatable bonds is 5. The van der Waals surface area contributed by atoms with Gasteiger partial charge in [-0.15, -0.1) is 0 Å². The molecule has 1 rings (SSSR count). The van der Waals surface area contributed by atoms with Gasteiger partial charge in [0.15, 0.2) is 0 Å². The van der Waals surface area contributed by atoms with Gasteiger partial charge >= 0.3 is 0 Å². The van der Waals surface area contributed by atoms with Gasteiger partial charge < -0.3 is 5.32 Å². The predicted molar refractivity (Wildman–Crippen MR) is 69.5 cm³/mol. The first-order valence-corrected chi connectivity index (χ1v) is 7.19. The van der Waals surface area contributed by atoms with Crippen LogP contribution in [0.5, 0.6) is 0 Å². The summed E-state index contributed by atoms with van der Waals surface area (Å²) in [6.45, 7) is 5.14. The number of amides is 1. The summed E-state index contributed by atoms with van der Waals surface area (Å²) in [6.07, 6.45) is 0. The molecule has 0 bridgehead atoms. The van der Waals surface area contributed by atoms with Gasteiger partial charge in [0.05, 0.1) is 10.9 Å². The SMILES string of the molecule is CC(C)NC(=O)C(C)NS(=O)(=O)c1ccccc1. The lowest BCUT2D eigenvalue weighted by molar-refractivity contribution is -0.122. The van der Waals surface area contributed by atoms with Gasteiger partial charge in [-0.05, 0) is 32.9 Å². The van der Waals surface area contributed by atoms with Crippen LogP contribution in [-0.4, -0.2) is 26.4 Å². The van der Waals surface area contributed by atoms with Crippen molar-refractivity contribution in [3.8, 4) is 0 Å². The average molecular weight is 270 g/mol. The molecule has 2 N–H and O–H groups in total. The maximum Gasteiger partial charge on any atom is 0.241 e. The number of hydrogen-bond donors (Lipinski definition) is 2. The fraction of sp³-hybridized carbons (Fsp3) is 0.417. The Morgan fingerprint density at radius 2 is 1.67 bits per heavy atom. The van der Waals surface area contributed by atoms with E-state index in [1.165, 1.54) is 19.1 Å². The lowest BCUT2D eigenvalue weighted by atomic mass is 10.3. The van der Waals surface area contributed by atoms with Crippen LogP contribution in [0.25, 0.3) is 0 Å². The molecule has 0 saturated heterocycles. The summed E-state index contributed by atoms with van der Waals surface area (Å²) in [5.41, 5.74) is 0. The Labute approximate surface area is 108 Å². The first-order valence-electron chi connectivity index (χ1n) is 5.70. The third-order valence-corrected chi connectivity index (χ3v) is 3.77. The molecule has 1 atom stereocenters. The van der Waals surface area contributed by atoms with Gasteiger partial charge in [0.1, 0.15) is 0 Å². The molecule has 6 heteroatoms. The summed E-state index contributed by atoms with van der Waals surface area (Å²) in [5, 5.41) is 2.65. The summed E-state index contributed by atoms with van der Waals surface area (Å²) in [5.74, 6) is -0.343. The van der Waals surface area contributed by atoms with Crippen LogP contribution in [-0.2, 0) is 14.8 Å². The standard InChI is InChI=1S/C12H18N2O3S/c1-9(2)13-12(15)10(3)14-18(16,17)11-7-5-4-6-8-11/h4-10,14H,1-3H3,(H,13,15). The molecule has 0 aromatic heterocycles. The van der Waals surface area contributed by atoms with E-state index >= 15 is 0 Å². The normalized spacial score (nSPS) is 13.3. The highest BCUT2D eigenvalue weighted by Crippen LogP contribution is 2.07. The maximum atomic E-state index is 11.9. The fourth-order valence-electron chi connectivity index (χ4n) is 1.36. The lowest BCUT2D eigenvalue weighted by Crippen LogP contribution is -2.46. The monoisotopic (exact) mass is 270 g/mol. The zero-order chi connectivity index (χ0) is 13.8. The molecule has 0 aliphatic carbocycles. The Bertz CT molecular complexity index is 497. The molecular formula is C12H18N2O3S. The second kappa shape index (κ2) is 5.97. The highest BCUT2D eigenvalue weighted by molar-refractivity contribution is 7.89. The number of carbonyl (C=O) groups is 1. The molecule has 0 spiro atoms. The van der Waals surface area contributed by atoms with Crippen LogP contribution >= 0.6 is 0 Å². The van der Waals surface area contributed by atoms with Crippen molar-refractivity contribution < 1.29 is 13.2 Å². The van der Waals surface area contributed by atoms with Crippen LogP contribution in [0.15, 0.2) is 35.2 Å². The molecule has 18 heavy (non-hydrogen) atoms. The third-order valence-electron chi connectivity index (χ3n) is 2.21. The van der Waals surface area contributed by atoms with Crippen LogP contribution < -0.4 is 10.0 Å². The topological polar surface area (TPSA) is 75.3 Å². The minimum atomic E-state index is -3.65. The molecule has 0 aliphatic rings. The molecule has 1 aromatic carbocycles. The van der Waals surface area contributed by atoms with Gasteiger partial charge in [-0.1, -0.05) is 18.2 Å². The van der Waals surface area contributed by atoms with Gasteiger partial charge in [-0.3, -0.25) is 4.79 Å². The second-order valence-electron chi connectivity index (χ2n) is 4.32. The molecule has 0 aliphatic heterocycles. The minimum Gasteiger partial charge on any atom is -0.353 e. The zero-order valence-corrected chi connectivity index (χ0v) is 11.5. The van der Waals surface area contributed by atoms with E-state index in [1.54, 1.807) is 18.2 Å². The molecular weight excluding hydrogens is 252 g/mol. The van der Waals surface area contributed by atoms with E-state index in [2.05, 4.69) is 10.0 Å². The smallest absolute Gasteiger partial charge is 0.241 e. The predicted octanol–water partition coefficient (Wildman–Crippen LogP) is 0.878. The maximum absolute atomic E-state index is 11.9. The Hall–Kier alpha value is -1.40. The summed E-state index contributed by atoms with van der Waals surface area (Å²) < 4.78 is 26.2. The van der Waals surface area contributed by atoms with E-state index in [1.807, 2.05) is 13.8 Å². The molecule has 5 nitrogen and oxygen atoms in total. The van der Waals surface area contributed by atoms with Gasteiger partial charge in [0.2, 0.25) is 15.9 Å². The lowest BCUT2D eigenvalue weighted by Gasteiger charge is -2.16. The number of hydrogen-bond acceptors (Lipinski definition) is 3. The zero-order valence-electron chi connectivity index (χ0n) is 10.7. The van der Waals surface area contributed by atoms with Gasteiger partial charge in [0, 0.05) is 6.04 Å².